The summed E-state index contributed by atoms with van der Waals surface area (Å²) >= 11 is 0. The number of aliphatic hydroxyl groups is 2. The lowest BCUT2D eigenvalue weighted by Crippen LogP contribution is -2.33. The lowest BCUT2D eigenvalue weighted by molar-refractivity contribution is -0.145. The largest absolute Gasteiger partial charge is 0.462 e. The maximum Gasteiger partial charge on any atom is 0.309 e. The van der Waals surface area contributed by atoms with Crippen molar-refractivity contribution in [2.24, 2.45) is 5.92 Å². The molecule has 0 aromatic rings. The Bertz CT molecular complexity index is 758. The number of hydrogen-bond acceptors (Lipinski definition) is 7. The highest BCUT2D eigenvalue weighted by Gasteiger charge is 2.40. The van der Waals surface area contributed by atoms with E-state index in [4.69, 9.17) is 14.2 Å². The number of ether oxygens (including phenoxy) is 3. The summed E-state index contributed by atoms with van der Waals surface area (Å²) in [5.74, 6) is -0.349. The number of esters is 1. The van der Waals surface area contributed by atoms with E-state index in [1.165, 1.54) is 64.7 Å². The number of ketones is 1. The van der Waals surface area contributed by atoms with E-state index in [9.17, 15) is 19.8 Å². The normalized spacial score (nSPS) is 29.2. The summed E-state index contributed by atoms with van der Waals surface area (Å²) < 4.78 is 18.0. The second-order valence-corrected chi connectivity index (χ2v) is 13.6. The molecule has 8 unspecified atom stereocenters. The van der Waals surface area contributed by atoms with E-state index >= 15 is 0 Å². The minimum Gasteiger partial charge on any atom is -0.462 e. The molecular weight excluding hydrogens is 532 g/mol. The zero-order valence-corrected chi connectivity index (χ0v) is 26.8. The van der Waals surface area contributed by atoms with Crippen LogP contribution in [0.25, 0.3) is 0 Å². The highest BCUT2D eigenvalue weighted by molar-refractivity contribution is 5.83. The second kappa shape index (κ2) is 20.1. The van der Waals surface area contributed by atoms with Crippen molar-refractivity contribution in [3.63, 3.8) is 0 Å². The number of hydrogen-bond donors (Lipinski definition) is 2. The molecule has 3 heterocycles. The quantitative estimate of drug-likeness (QED) is 0.0941. The van der Waals surface area contributed by atoms with Crippen LogP contribution in [0, 0.1) is 5.92 Å². The van der Waals surface area contributed by atoms with Crippen molar-refractivity contribution < 1.29 is 34.0 Å². The van der Waals surface area contributed by atoms with Crippen LogP contribution < -0.4 is 0 Å². The summed E-state index contributed by atoms with van der Waals surface area (Å²) in [5.41, 5.74) is 0. The first-order chi connectivity index (χ1) is 20.4. The van der Waals surface area contributed by atoms with Gasteiger partial charge in [-0.25, -0.2) is 0 Å². The Hall–Kier alpha value is -1.02. The first-order valence-corrected chi connectivity index (χ1v) is 17.7. The van der Waals surface area contributed by atoms with Crippen molar-refractivity contribution in [2.45, 2.75) is 204 Å². The number of Topliss-reactive ketones (excluding diaryl/α,β-unsaturated/α-hetero) is 1. The maximum absolute atomic E-state index is 11.8. The molecule has 7 nitrogen and oxygen atoms in total. The van der Waals surface area contributed by atoms with Gasteiger partial charge in [-0.3, -0.25) is 4.79 Å². The number of unbranched alkanes of at least 4 members (excludes halogenated alkanes) is 12. The molecule has 3 aliphatic heterocycles. The number of aliphatic hydroxyl groups excluding tert-OH is 2. The van der Waals surface area contributed by atoms with Gasteiger partial charge in [0.05, 0.1) is 42.5 Å². The summed E-state index contributed by atoms with van der Waals surface area (Å²) in [5, 5.41) is 21.4. The van der Waals surface area contributed by atoms with Crippen molar-refractivity contribution in [1.29, 1.82) is 0 Å². The van der Waals surface area contributed by atoms with Crippen LogP contribution >= 0.6 is 0 Å². The Morgan fingerprint density at radius 3 is 1.71 bits per heavy atom. The summed E-state index contributed by atoms with van der Waals surface area (Å²) in [6, 6.07) is 0. The number of rotatable bonds is 23. The third-order valence-corrected chi connectivity index (χ3v) is 9.77. The fraction of sp³-hybridized carbons (Fsp3) is 0.943. The molecule has 3 rings (SSSR count). The van der Waals surface area contributed by atoms with Crippen LogP contribution in [0.4, 0.5) is 0 Å². The molecule has 3 aliphatic rings. The number of cyclic esters (lactones) is 1. The monoisotopic (exact) mass is 594 g/mol. The standard InChI is InChI=1S/C35H62O7/c1-3-4-5-6-12-15-18-29(37)31-20-22-33(41-31)34-23-21-32(42-34)30(38)19-16-13-10-8-7-9-11-14-17-28-25-27(24-26(2)36)35(39)40-28/h27-34,37-38H,3-25H2,1-2H3. The van der Waals surface area contributed by atoms with Crippen molar-refractivity contribution in [1.82, 2.24) is 0 Å². The molecule has 0 spiro atoms. The summed E-state index contributed by atoms with van der Waals surface area (Å²) in [7, 11) is 0. The molecule has 2 N–H and O–H groups in total. The lowest BCUT2D eigenvalue weighted by Gasteiger charge is -2.24. The molecular formula is C35H62O7. The van der Waals surface area contributed by atoms with E-state index < -0.39 is 6.10 Å². The van der Waals surface area contributed by atoms with Gasteiger partial charge in [0.25, 0.3) is 0 Å². The third-order valence-electron chi connectivity index (χ3n) is 9.77. The summed E-state index contributed by atoms with van der Waals surface area (Å²) in [6.07, 6.45) is 23.2. The smallest absolute Gasteiger partial charge is 0.309 e. The Morgan fingerprint density at radius 2 is 1.21 bits per heavy atom. The SMILES string of the molecule is CCCCCCCCC(O)C1CCC(C2CCC(C(O)CCCCCCCCCCC3CC(CC(C)=O)C(=O)O3)O2)O1. The van der Waals surface area contributed by atoms with Crippen LogP contribution in [0.3, 0.4) is 0 Å². The fourth-order valence-electron chi connectivity index (χ4n) is 7.20. The molecule has 3 saturated heterocycles. The van der Waals surface area contributed by atoms with Crippen molar-refractivity contribution in [3.05, 3.63) is 0 Å². The molecule has 0 aliphatic carbocycles. The van der Waals surface area contributed by atoms with Gasteiger partial charge in [0.15, 0.2) is 0 Å². The Balaban J connectivity index is 1.14. The fourth-order valence-corrected chi connectivity index (χ4v) is 7.20. The molecule has 8 atom stereocenters. The maximum atomic E-state index is 11.8. The van der Waals surface area contributed by atoms with Gasteiger partial charge in [-0.1, -0.05) is 90.4 Å². The molecule has 0 radical (unpaired) electrons. The predicted molar refractivity (Wildman–Crippen MR) is 165 cm³/mol. The van der Waals surface area contributed by atoms with E-state index in [2.05, 4.69) is 6.92 Å². The van der Waals surface area contributed by atoms with E-state index in [1.54, 1.807) is 0 Å². The molecule has 3 fully saturated rings. The number of carbonyl (C=O) groups excluding carboxylic acids is 2. The van der Waals surface area contributed by atoms with Gasteiger partial charge < -0.3 is 29.2 Å². The summed E-state index contributed by atoms with van der Waals surface area (Å²) in [6.45, 7) is 3.77. The Kier molecular flexibility index (Phi) is 17.0. The molecule has 0 bridgehead atoms. The van der Waals surface area contributed by atoms with Crippen LogP contribution in [0.2, 0.25) is 0 Å². The minimum atomic E-state index is -0.398. The zero-order chi connectivity index (χ0) is 30.2. The van der Waals surface area contributed by atoms with Gasteiger partial charge in [-0.2, -0.15) is 0 Å². The zero-order valence-electron chi connectivity index (χ0n) is 26.8. The predicted octanol–water partition coefficient (Wildman–Crippen LogP) is 7.37. The first kappa shape index (κ1) is 35.5. The van der Waals surface area contributed by atoms with E-state index in [1.807, 2.05) is 0 Å². The molecule has 42 heavy (non-hydrogen) atoms. The molecule has 0 amide bonds. The van der Waals surface area contributed by atoms with Crippen LogP contribution in [0.1, 0.15) is 162 Å². The highest BCUT2D eigenvalue weighted by Crippen LogP contribution is 2.35. The van der Waals surface area contributed by atoms with Crippen molar-refractivity contribution >= 4 is 11.8 Å². The van der Waals surface area contributed by atoms with E-state index in [0.29, 0.717) is 12.8 Å². The molecule has 7 heteroatoms. The third kappa shape index (κ3) is 12.9. The van der Waals surface area contributed by atoms with Crippen LogP contribution in [0.5, 0.6) is 0 Å². The van der Waals surface area contributed by atoms with Gasteiger partial charge >= 0.3 is 5.97 Å². The van der Waals surface area contributed by atoms with Crippen LogP contribution in [-0.2, 0) is 23.8 Å². The number of carbonyl (C=O) groups is 2. The van der Waals surface area contributed by atoms with Gasteiger partial charge in [-0.15, -0.1) is 0 Å². The molecule has 0 aromatic heterocycles. The highest BCUT2D eigenvalue weighted by atomic mass is 16.6. The average molecular weight is 595 g/mol. The van der Waals surface area contributed by atoms with Crippen LogP contribution in [0.15, 0.2) is 0 Å². The van der Waals surface area contributed by atoms with Crippen molar-refractivity contribution in [3.8, 4) is 0 Å². The average Bonchev–Trinajstić information content (AvgIpc) is 3.72. The topological polar surface area (TPSA) is 102 Å². The lowest BCUT2D eigenvalue weighted by atomic mass is 9.96. The minimum absolute atomic E-state index is 0.00243. The molecule has 244 valence electrons. The molecule has 0 saturated carbocycles. The molecule has 0 aromatic carbocycles. The second-order valence-electron chi connectivity index (χ2n) is 13.6. The first-order valence-electron chi connectivity index (χ1n) is 17.7. The van der Waals surface area contributed by atoms with Gasteiger partial charge in [-0.05, 0) is 64.7 Å². The van der Waals surface area contributed by atoms with Gasteiger partial charge in [0.1, 0.15) is 11.9 Å². The van der Waals surface area contributed by atoms with Crippen LogP contribution in [-0.4, -0.2) is 64.7 Å². The van der Waals surface area contributed by atoms with Gasteiger partial charge in [0, 0.05) is 6.42 Å². The summed E-state index contributed by atoms with van der Waals surface area (Å²) in [4.78, 5) is 23.1. The van der Waals surface area contributed by atoms with Gasteiger partial charge in [0.2, 0.25) is 0 Å². The van der Waals surface area contributed by atoms with E-state index in [0.717, 1.165) is 77.0 Å². The van der Waals surface area contributed by atoms with Crippen molar-refractivity contribution in [2.75, 3.05) is 0 Å². The van der Waals surface area contributed by atoms with E-state index in [-0.39, 0.29) is 54.3 Å². The Morgan fingerprint density at radius 1 is 0.738 bits per heavy atom. The Labute approximate surface area is 255 Å².